The highest BCUT2D eigenvalue weighted by molar-refractivity contribution is 7.80. The summed E-state index contributed by atoms with van der Waals surface area (Å²) in [6, 6.07) is 0. The van der Waals surface area contributed by atoms with Crippen molar-refractivity contribution in [1.29, 1.82) is 0 Å². The van der Waals surface area contributed by atoms with Crippen LogP contribution in [0.4, 0.5) is 0 Å². The van der Waals surface area contributed by atoms with Gasteiger partial charge >= 0.3 is 0 Å². The van der Waals surface area contributed by atoms with Gasteiger partial charge in [0.25, 0.3) is 0 Å². The molecular weight excluding hydrogens is 232 g/mol. The largest absolute Gasteiger partial charge is 0.379 e. The van der Waals surface area contributed by atoms with E-state index in [2.05, 4.69) is 19.6 Å². The Morgan fingerprint density at radius 1 is 1.00 bits per heavy atom. The van der Waals surface area contributed by atoms with E-state index in [9.17, 15) is 0 Å². The van der Waals surface area contributed by atoms with Crippen LogP contribution < -0.4 is 0 Å². The molecule has 0 bridgehead atoms. The quantitative estimate of drug-likeness (QED) is 0.503. The smallest absolute Gasteiger partial charge is 0.0700 e. The molecule has 0 unspecified atom stereocenters. The second kappa shape index (κ2) is 9.23. The van der Waals surface area contributed by atoms with Crippen molar-refractivity contribution >= 4 is 12.6 Å². The molecular formula is C14H28O2S. The Labute approximate surface area is 112 Å². The summed E-state index contributed by atoms with van der Waals surface area (Å²) in [5.41, 5.74) is 0.352. The van der Waals surface area contributed by atoms with E-state index in [0.29, 0.717) is 5.41 Å². The van der Waals surface area contributed by atoms with Gasteiger partial charge in [-0.1, -0.05) is 32.6 Å². The summed E-state index contributed by atoms with van der Waals surface area (Å²) in [4.78, 5) is 0. The Morgan fingerprint density at radius 2 is 1.71 bits per heavy atom. The first kappa shape index (κ1) is 15.3. The second-order valence-corrected chi connectivity index (χ2v) is 5.55. The predicted octanol–water partition coefficient (Wildman–Crippen LogP) is 3.70. The number of hydrogen-bond donors (Lipinski definition) is 1. The minimum Gasteiger partial charge on any atom is -0.379 e. The Morgan fingerprint density at radius 3 is 2.35 bits per heavy atom. The summed E-state index contributed by atoms with van der Waals surface area (Å²) in [6.45, 7) is 5.40. The Balaban J connectivity index is 2.03. The molecule has 1 rings (SSSR count). The lowest BCUT2D eigenvalue weighted by Gasteiger charge is -2.35. The number of unbranched alkanes of at least 4 members (excludes halogenated alkanes) is 1. The van der Waals surface area contributed by atoms with Crippen molar-refractivity contribution in [3.63, 3.8) is 0 Å². The Bertz CT molecular complexity index is 179. The fourth-order valence-electron chi connectivity index (χ4n) is 2.40. The van der Waals surface area contributed by atoms with Crippen molar-refractivity contribution in [3.8, 4) is 0 Å². The van der Waals surface area contributed by atoms with Gasteiger partial charge in [-0.05, 0) is 25.0 Å². The molecule has 0 aliphatic heterocycles. The molecule has 0 saturated heterocycles. The molecule has 17 heavy (non-hydrogen) atoms. The van der Waals surface area contributed by atoms with E-state index in [4.69, 9.17) is 9.47 Å². The van der Waals surface area contributed by atoms with Crippen LogP contribution in [0.25, 0.3) is 0 Å². The molecule has 0 heterocycles. The van der Waals surface area contributed by atoms with Crippen LogP contribution >= 0.6 is 12.6 Å². The summed E-state index contributed by atoms with van der Waals surface area (Å²) in [7, 11) is 0. The summed E-state index contributed by atoms with van der Waals surface area (Å²) < 4.78 is 11.3. The third-order valence-corrected chi connectivity index (χ3v) is 4.34. The molecule has 1 aliphatic rings. The molecule has 0 atom stereocenters. The molecule has 0 radical (unpaired) electrons. The standard InChI is InChI=1S/C14H28O2S/c1-2-3-9-15-10-11-16-12-14(13-17)7-5-4-6-8-14/h17H,2-13H2,1H3. The maximum Gasteiger partial charge on any atom is 0.0700 e. The third kappa shape index (κ3) is 6.12. The highest BCUT2D eigenvalue weighted by atomic mass is 32.1. The molecule has 1 fully saturated rings. The van der Waals surface area contributed by atoms with Crippen molar-refractivity contribution in [2.24, 2.45) is 5.41 Å². The van der Waals surface area contributed by atoms with Gasteiger partial charge in [0.1, 0.15) is 0 Å². The number of ether oxygens (including phenoxy) is 2. The lowest BCUT2D eigenvalue weighted by Crippen LogP contribution is -2.32. The minimum absolute atomic E-state index is 0.352. The van der Waals surface area contributed by atoms with E-state index < -0.39 is 0 Å². The molecule has 2 nitrogen and oxygen atoms in total. The topological polar surface area (TPSA) is 18.5 Å². The zero-order chi connectivity index (χ0) is 12.4. The molecule has 102 valence electrons. The van der Waals surface area contributed by atoms with Gasteiger partial charge in [0.15, 0.2) is 0 Å². The summed E-state index contributed by atoms with van der Waals surface area (Å²) in [5.74, 6) is 0.962. The van der Waals surface area contributed by atoms with E-state index >= 15 is 0 Å². The van der Waals surface area contributed by atoms with Gasteiger partial charge in [0, 0.05) is 12.0 Å². The molecule has 0 aromatic rings. The average molecular weight is 260 g/mol. The SMILES string of the molecule is CCCCOCCOCC1(CS)CCCCC1. The van der Waals surface area contributed by atoms with E-state index in [0.717, 1.165) is 38.6 Å². The lowest BCUT2D eigenvalue weighted by atomic mass is 9.76. The van der Waals surface area contributed by atoms with Crippen LogP contribution in [0.15, 0.2) is 0 Å². The monoisotopic (exact) mass is 260 g/mol. The second-order valence-electron chi connectivity index (χ2n) is 5.24. The van der Waals surface area contributed by atoms with Crippen molar-refractivity contribution in [1.82, 2.24) is 0 Å². The molecule has 1 saturated carbocycles. The molecule has 0 aromatic heterocycles. The van der Waals surface area contributed by atoms with Crippen molar-refractivity contribution in [2.45, 2.75) is 51.9 Å². The van der Waals surface area contributed by atoms with Gasteiger partial charge in [-0.2, -0.15) is 12.6 Å². The van der Waals surface area contributed by atoms with Gasteiger partial charge in [-0.15, -0.1) is 0 Å². The summed E-state index contributed by atoms with van der Waals surface area (Å²) >= 11 is 4.51. The van der Waals surface area contributed by atoms with Gasteiger partial charge in [-0.3, -0.25) is 0 Å². The third-order valence-electron chi connectivity index (χ3n) is 3.67. The van der Waals surface area contributed by atoms with E-state index in [-0.39, 0.29) is 0 Å². The Kier molecular flexibility index (Phi) is 8.33. The van der Waals surface area contributed by atoms with Crippen LogP contribution in [0.2, 0.25) is 0 Å². The average Bonchev–Trinajstić information content (AvgIpc) is 2.39. The maximum atomic E-state index is 5.77. The molecule has 3 heteroatoms. The maximum absolute atomic E-state index is 5.77. The van der Waals surface area contributed by atoms with Gasteiger partial charge in [0.2, 0.25) is 0 Å². The van der Waals surface area contributed by atoms with E-state index in [1.807, 2.05) is 0 Å². The minimum atomic E-state index is 0.352. The highest BCUT2D eigenvalue weighted by Gasteiger charge is 2.30. The number of thiol groups is 1. The van der Waals surface area contributed by atoms with Crippen molar-refractivity contribution in [2.75, 3.05) is 32.2 Å². The van der Waals surface area contributed by atoms with Crippen LogP contribution in [-0.2, 0) is 9.47 Å². The zero-order valence-corrected chi connectivity index (χ0v) is 12.1. The van der Waals surface area contributed by atoms with Gasteiger partial charge in [-0.25, -0.2) is 0 Å². The first-order chi connectivity index (χ1) is 8.33. The lowest BCUT2D eigenvalue weighted by molar-refractivity contribution is -0.000647. The fourth-order valence-corrected chi connectivity index (χ4v) is 2.81. The molecule has 0 amide bonds. The first-order valence-corrected chi connectivity index (χ1v) is 7.72. The van der Waals surface area contributed by atoms with Crippen LogP contribution in [-0.4, -0.2) is 32.2 Å². The molecule has 0 N–H and O–H groups in total. The molecule has 0 spiro atoms. The van der Waals surface area contributed by atoms with Crippen LogP contribution in [0, 0.1) is 5.41 Å². The van der Waals surface area contributed by atoms with Crippen LogP contribution in [0.1, 0.15) is 51.9 Å². The highest BCUT2D eigenvalue weighted by Crippen LogP contribution is 2.37. The molecule has 1 aliphatic carbocycles. The van der Waals surface area contributed by atoms with Gasteiger partial charge < -0.3 is 9.47 Å². The fraction of sp³-hybridized carbons (Fsp3) is 1.00. The van der Waals surface area contributed by atoms with E-state index in [1.165, 1.54) is 38.5 Å². The number of hydrogen-bond acceptors (Lipinski definition) is 3. The van der Waals surface area contributed by atoms with Crippen molar-refractivity contribution < 1.29 is 9.47 Å². The Hall–Kier alpha value is 0.270. The first-order valence-electron chi connectivity index (χ1n) is 7.09. The van der Waals surface area contributed by atoms with Gasteiger partial charge in [0.05, 0.1) is 19.8 Å². The predicted molar refractivity (Wildman–Crippen MR) is 75.9 cm³/mol. The number of rotatable bonds is 9. The molecule has 0 aromatic carbocycles. The normalized spacial score (nSPS) is 19.4. The van der Waals surface area contributed by atoms with Crippen molar-refractivity contribution in [3.05, 3.63) is 0 Å². The zero-order valence-electron chi connectivity index (χ0n) is 11.2. The van der Waals surface area contributed by atoms with E-state index in [1.54, 1.807) is 0 Å². The summed E-state index contributed by atoms with van der Waals surface area (Å²) in [5, 5.41) is 0. The van der Waals surface area contributed by atoms with Crippen LogP contribution in [0.5, 0.6) is 0 Å². The summed E-state index contributed by atoms with van der Waals surface area (Å²) in [6.07, 6.45) is 8.99. The van der Waals surface area contributed by atoms with Crippen LogP contribution in [0.3, 0.4) is 0 Å².